The van der Waals surface area contributed by atoms with E-state index in [1.54, 1.807) is 27.5 Å². The number of nitrogens with one attached hydrogen (secondary N) is 1. The van der Waals surface area contributed by atoms with E-state index in [4.69, 9.17) is 19.9 Å². The molecule has 0 fully saturated rings. The van der Waals surface area contributed by atoms with Crippen LogP contribution in [0.15, 0.2) is 30.5 Å². The zero-order valence-corrected chi connectivity index (χ0v) is 19.2. The molecular formula is C24H28N4O4. The number of aromatic nitrogens is 2. The van der Waals surface area contributed by atoms with Crippen molar-refractivity contribution in [3.8, 4) is 17.2 Å². The second-order valence-electron chi connectivity index (χ2n) is 7.54. The largest absolute Gasteiger partial charge is 0.493 e. The number of ether oxygens (including phenoxy) is 3. The fraction of sp³-hybridized carbons (Fsp3) is 0.292. The molecule has 0 radical (unpaired) electrons. The topological polar surface area (TPSA) is 109 Å². The third kappa shape index (κ3) is 4.74. The zero-order valence-electron chi connectivity index (χ0n) is 19.2. The van der Waals surface area contributed by atoms with Crippen molar-refractivity contribution in [2.24, 2.45) is 0 Å². The van der Waals surface area contributed by atoms with Crippen molar-refractivity contribution in [2.75, 3.05) is 32.4 Å². The summed E-state index contributed by atoms with van der Waals surface area (Å²) in [6.07, 6.45) is 2.06. The molecule has 32 heavy (non-hydrogen) atoms. The van der Waals surface area contributed by atoms with Crippen LogP contribution >= 0.6 is 0 Å². The molecule has 168 valence electrons. The van der Waals surface area contributed by atoms with E-state index in [0.717, 1.165) is 22.3 Å². The molecular weight excluding hydrogens is 408 g/mol. The number of anilines is 2. The predicted octanol–water partition coefficient (Wildman–Crippen LogP) is 3.85. The van der Waals surface area contributed by atoms with E-state index in [-0.39, 0.29) is 17.7 Å². The Morgan fingerprint density at radius 3 is 2.06 bits per heavy atom. The molecule has 3 rings (SSSR count). The second kappa shape index (κ2) is 9.55. The molecule has 0 saturated heterocycles. The highest BCUT2D eigenvalue weighted by Crippen LogP contribution is 2.38. The van der Waals surface area contributed by atoms with E-state index >= 15 is 0 Å². The standard InChI is InChI=1S/C24H28N4O4/c1-13-7-14(2)20(15(3)8-13)23(29)28-24-26-12-17(22(25)27-24)9-16-10-18(30-4)21(32-6)19(11-16)31-5/h7-8,10-12H,9H2,1-6H3,(H3,25,26,27,28,29). The fourth-order valence-corrected chi connectivity index (χ4v) is 3.78. The van der Waals surface area contributed by atoms with Gasteiger partial charge in [0.1, 0.15) is 5.82 Å². The maximum Gasteiger partial charge on any atom is 0.258 e. The van der Waals surface area contributed by atoms with E-state index < -0.39 is 0 Å². The van der Waals surface area contributed by atoms with Gasteiger partial charge in [-0.3, -0.25) is 10.1 Å². The molecule has 1 amide bonds. The summed E-state index contributed by atoms with van der Waals surface area (Å²) >= 11 is 0. The van der Waals surface area contributed by atoms with Crippen LogP contribution in [0.5, 0.6) is 17.2 Å². The van der Waals surface area contributed by atoms with E-state index in [1.807, 2.05) is 45.0 Å². The Bertz CT molecular complexity index is 1110. The van der Waals surface area contributed by atoms with Gasteiger partial charge in [0.2, 0.25) is 11.7 Å². The number of carbonyl (C=O) groups is 1. The Kier molecular flexibility index (Phi) is 6.82. The number of nitrogen functional groups attached to an aromatic ring is 1. The van der Waals surface area contributed by atoms with Gasteiger partial charge < -0.3 is 19.9 Å². The summed E-state index contributed by atoms with van der Waals surface area (Å²) in [4.78, 5) is 21.3. The third-order valence-electron chi connectivity index (χ3n) is 5.15. The maximum absolute atomic E-state index is 12.8. The Hall–Kier alpha value is -3.81. The summed E-state index contributed by atoms with van der Waals surface area (Å²) < 4.78 is 16.2. The number of nitrogens with two attached hydrogens (primary N) is 1. The van der Waals surface area contributed by atoms with E-state index in [2.05, 4.69) is 15.3 Å². The lowest BCUT2D eigenvalue weighted by atomic mass is 9.99. The first-order chi connectivity index (χ1) is 15.3. The highest BCUT2D eigenvalue weighted by atomic mass is 16.5. The van der Waals surface area contributed by atoms with Gasteiger partial charge in [-0.15, -0.1) is 0 Å². The SMILES string of the molecule is COc1cc(Cc2cnc(NC(=O)c3c(C)cc(C)cc3C)nc2N)cc(OC)c1OC. The molecule has 0 spiro atoms. The molecule has 0 saturated carbocycles. The van der Waals surface area contributed by atoms with Gasteiger partial charge in [-0.25, -0.2) is 4.98 Å². The average molecular weight is 437 g/mol. The summed E-state index contributed by atoms with van der Waals surface area (Å²) in [6.45, 7) is 5.81. The van der Waals surface area contributed by atoms with Gasteiger partial charge in [0.05, 0.1) is 21.3 Å². The molecule has 0 aliphatic heterocycles. The number of methoxy groups -OCH3 is 3. The molecule has 0 atom stereocenters. The Morgan fingerprint density at radius 2 is 1.56 bits per heavy atom. The van der Waals surface area contributed by atoms with Crippen molar-refractivity contribution >= 4 is 17.7 Å². The number of benzene rings is 2. The summed E-state index contributed by atoms with van der Waals surface area (Å²) in [5.74, 6) is 1.78. The van der Waals surface area contributed by atoms with Gasteiger partial charge in [-0.05, 0) is 49.6 Å². The lowest BCUT2D eigenvalue weighted by Gasteiger charge is -2.15. The molecule has 0 bridgehead atoms. The number of carbonyl (C=O) groups excluding carboxylic acids is 1. The number of rotatable bonds is 7. The van der Waals surface area contributed by atoms with Gasteiger partial charge >= 0.3 is 0 Å². The summed E-state index contributed by atoms with van der Waals surface area (Å²) in [5, 5.41) is 2.75. The summed E-state index contributed by atoms with van der Waals surface area (Å²) in [7, 11) is 4.68. The molecule has 1 aromatic heterocycles. The predicted molar refractivity (Wildman–Crippen MR) is 124 cm³/mol. The average Bonchev–Trinajstić information content (AvgIpc) is 2.74. The highest BCUT2D eigenvalue weighted by molar-refractivity contribution is 6.05. The molecule has 0 unspecified atom stereocenters. The minimum atomic E-state index is -0.267. The molecule has 0 aliphatic rings. The van der Waals surface area contributed by atoms with Crippen molar-refractivity contribution in [3.63, 3.8) is 0 Å². The third-order valence-corrected chi connectivity index (χ3v) is 5.15. The van der Waals surface area contributed by atoms with Gasteiger partial charge in [0.15, 0.2) is 11.5 Å². The monoisotopic (exact) mass is 436 g/mol. The number of hydrogen-bond acceptors (Lipinski definition) is 7. The van der Waals surface area contributed by atoms with Crippen LogP contribution in [0.4, 0.5) is 11.8 Å². The molecule has 0 aliphatic carbocycles. The number of hydrogen-bond donors (Lipinski definition) is 2. The van der Waals surface area contributed by atoms with E-state index in [9.17, 15) is 4.79 Å². The van der Waals surface area contributed by atoms with Crippen molar-refractivity contribution < 1.29 is 19.0 Å². The molecule has 8 heteroatoms. The lowest BCUT2D eigenvalue weighted by molar-refractivity contribution is 0.102. The fourth-order valence-electron chi connectivity index (χ4n) is 3.78. The lowest BCUT2D eigenvalue weighted by Crippen LogP contribution is -2.18. The van der Waals surface area contributed by atoms with Crippen LogP contribution in [0.2, 0.25) is 0 Å². The molecule has 8 nitrogen and oxygen atoms in total. The van der Waals surface area contributed by atoms with Crippen LogP contribution in [0, 0.1) is 20.8 Å². The zero-order chi connectivity index (χ0) is 23.4. The first-order valence-electron chi connectivity index (χ1n) is 10.1. The smallest absolute Gasteiger partial charge is 0.258 e. The minimum absolute atomic E-state index is 0.153. The number of aryl methyl sites for hydroxylation is 3. The Balaban J connectivity index is 1.83. The van der Waals surface area contributed by atoms with Gasteiger partial charge in [0.25, 0.3) is 5.91 Å². The van der Waals surface area contributed by atoms with Crippen LogP contribution in [0.1, 0.15) is 38.2 Å². The van der Waals surface area contributed by atoms with Crippen LogP contribution in [0.25, 0.3) is 0 Å². The molecule has 3 N–H and O–H groups in total. The van der Waals surface area contributed by atoms with Gasteiger partial charge in [-0.2, -0.15) is 4.98 Å². The van der Waals surface area contributed by atoms with Crippen molar-refractivity contribution in [1.82, 2.24) is 9.97 Å². The van der Waals surface area contributed by atoms with Crippen LogP contribution in [-0.2, 0) is 6.42 Å². The number of amides is 1. The van der Waals surface area contributed by atoms with Crippen LogP contribution in [-0.4, -0.2) is 37.2 Å². The highest BCUT2D eigenvalue weighted by Gasteiger charge is 2.17. The normalized spacial score (nSPS) is 10.6. The first kappa shape index (κ1) is 22.9. The van der Waals surface area contributed by atoms with Crippen molar-refractivity contribution in [2.45, 2.75) is 27.2 Å². The summed E-state index contributed by atoms with van der Waals surface area (Å²) in [5.41, 5.74) is 11.3. The Labute approximate surface area is 187 Å². The minimum Gasteiger partial charge on any atom is -0.493 e. The Morgan fingerprint density at radius 1 is 0.969 bits per heavy atom. The van der Waals surface area contributed by atoms with E-state index in [0.29, 0.717) is 34.8 Å². The van der Waals surface area contributed by atoms with Gasteiger partial charge in [-0.1, -0.05) is 17.7 Å². The number of nitrogens with zero attached hydrogens (tertiary/aromatic N) is 2. The van der Waals surface area contributed by atoms with Crippen molar-refractivity contribution in [3.05, 3.63) is 63.8 Å². The molecule has 1 heterocycles. The first-order valence-corrected chi connectivity index (χ1v) is 10.1. The molecule has 3 aromatic rings. The van der Waals surface area contributed by atoms with Crippen molar-refractivity contribution in [1.29, 1.82) is 0 Å². The maximum atomic E-state index is 12.8. The van der Waals surface area contributed by atoms with Gasteiger partial charge in [0, 0.05) is 23.7 Å². The van der Waals surface area contributed by atoms with E-state index in [1.165, 1.54) is 0 Å². The van der Waals surface area contributed by atoms with Crippen LogP contribution in [0.3, 0.4) is 0 Å². The summed E-state index contributed by atoms with van der Waals surface area (Å²) in [6, 6.07) is 7.63. The quantitative estimate of drug-likeness (QED) is 0.579. The second-order valence-corrected chi connectivity index (χ2v) is 7.54. The molecule has 2 aromatic carbocycles. The van der Waals surface area contributed by atoms with Crippen LogP contribution < -0.4 is 25.3 Å².